The van der Waals surface area contributed by atoms with Crippen molar-refractivity contribution in [2.45, 2.75) is 38.5 Å². The lowest BCUT2D eigenvalue weighted by Crippen LogP contribution is -2.22. The second kappa shape index (κ2) is 6.10. The highest BCUT2D eigenvalue weighted by Crippen LogP contribution is 2.27. The summed E-state index contributed by atoms with van der Waals surface area (Å²) in [6.07, 6.45) is 6.72. The average molecular weight is 267 g/mol. The monoisotopic (exact) mass is 266 g/mol. The molecular formula is C14H19ClN2O. The molecule has 0 atom stereocenters. The Balaban J connectivity index is 2.03. The van der Waals surface area contributed by atoms with Crippen LogP contribution in [0, 0.1) is 5.92 Å². The molecule has 18 heavy (non-hydrogen) atoms. The molecule has 1 saturated carbocycles. The Morgan fingerprint density at radius 3 is 2.56 bits per heavy atom. The fourth-order valence-electron chi connectivity index (χ4n) is 2.41. The highest BCUT2D eigenvalue weighted by atomic mass is 35.5. The smallest absolute Gasteiger partial charge is 0.227 e. The number of hydrogen-bond donors (Lipinski definition) is 2. The van der Waals surface area contributed by atoms with Crippen molar-refractivity contribution in [1.29, 1.82) is 0 Å². The predicted octanol–water partition coefficient (Wildman–Crippen LogP) is 3.83. The summed E-state index contributed by atoms with van der Waals surface area (Å²) in [5.74, 6) is 0.191. The first-order valence-electron chi connectivity index (χ1n) is 6.52. The first-order valence-corrected chi connectivity index (χ1v) is 6.90. The average Bonchev–Trinajstić information content (AvgIpc) is 2.62. The number of amides is 1. The van der Waals surface area contributed by atoms with Crippen molar-refractivity contribution >= 4 is 28.9 Å². The minimum Gasteiger partial charge on any atom is -0.397 e. The molecule has 0 saturated heterocycles. The molecule has 1 fully saturated rings. The molecule has 0 spiro atoms. The van der Waals surface area contributed by atoms with Crippen LogP contribution in [0.25, 0.3) is 0 Å². The van der Waals surface area contributed by atoms with Gasteiger partial charge in [-0.3, -0.25) is 4.79 Å². The summed E-state index contributed by atoms with van der Waals surface area (Å²) < 4.78 is 0. The number of nitrogens with two attached hydrogens (primary N) is 1. The van der Waals surface area contributed by atoms with E-state index in [-0.39, 0.29) is 11.8 Å². The second-order valence-corrected chi connectivity index (χ2v) is 5.35. The van der Waals surface area contributed by atoms with E-state index in [2.05, 4.69) is 5.32 Å². The van der Waals surface area contributed by atoms with Gasteiger partial charge in [-0.1, -0.05) is 37.3 Å². The minimum absolute atomic E-state index is 0.0749. The Kier molecular flexibility index (Phi) is 4.48. The maximum absolute atomic E-state index is 12.2. The van der Waals surface area contributed by atoms with Crippen LogP contribution in [0.15, 0.2) is 18.2 Å². The lowest BCUT2D eigenvalue weighted by Gasteiger charge is -2.15. The zero-order valence-corrected chi connectivity index (χ0v) is 11.2. The third-order valence-electron chi connectivity index (χ3n) is 3.50. The molecule has 1 aliphatic rings. The van der Waals surface area contributed by atoms with Gasteiger partial charge in [-0.25, -0.2) is 0 Å². The SMILES string of the molecule is Nc1ccc(Cl)cc1NC(=O)C1CCCCCC1. The van der Waals surface area contributed by atoms with Crippen LogP contribution < -0.4 is 11.1 Å². The number of nitrogen functional groups attached to an aromatic ring is 1. The highest BCUT2D eigenvalue weighted by Gasteiger charge is 2.20. The molecule has 3 nitrogen and oxygen atoms in total. The molecule has 2 rings (SSSR count). The van der Waals surface area contributed by atoms with Crippen LogP contribution in [-0.2, 0) is 4.79 Å². The van der Waals surface area contributed by atoms with Crippen molar-refractivity contribution in [1.82, 2.24) is 0 Å². The van der Waals surface area contributed by atoms with E-state index in [9.17, 15) is 4.79 Å². The lowest BCUT2D eigenvalue weighted by molar-refractivity contribution is -0.120. The molecule has 98 valence electrons. The molecule has 0 aromatic heterocycles. The van der Waals surface area contributed by atoms with E-state index < -0.39 is 0 Å². The summed E-state index contributed by atoms with van der Waals surface area (Å²) >= 11 is 5.91. The van der Waals surface area contributed by atoms with Crippen molar-refractivity contribution in [3.8, 4) is 0 Å². The van der Waals surface area contributed by atoms with E-state index in [1.165, 1.54) is 12.8 Å². The largest absolute Gasteiger partial charge is 0.397 e. The number of hydrogen-bond acceptors (Lipinski definition) is 2. The van der Waals surface area contributed by atoms with Gasteiger partial charge in [0.25, 0.3) is 0 Å². The molecular weight excluding hydrogens is 248 g/mol. The number of anilines is 2. The fourth-order valence-corrected chi connectivity index (χ4v) is 2.59. The molecule has 0 bridgehead atoms. The zero-order valence-electron chi connectivity index (χ0n) is 10.4. The third kappa shape index (κ3) is 3.39. The van der Waals surface area contributed by atoms with Gasteiger partial charge in [0.05, 0.1) is 11.4 Å². The van der Waals surface area contributed by atoms with Gasteiger partial charge in [-0.05, 0) is 31.0 Å². The minimum atomic E-state index is 0.0749. The molecule has 4 heteroatoms. The van der Waals surface area contributed by atoms with Gasteiger partial charge < -0.3 is 11.1 Å². The van der Waals surface area contributed by atoms with Gasteiger partial charge in [0.2, 0.25) is 5.91 Å². The van der Waals surface area contributed by atoms with E-state index in [1.807, 2.05) is 0 Å². The number of benzene rings is 1. The van der Waals surface area contributed by atoms with Crippen LogP contribution >= 0.6 is 11.6 Å². The summed E-state index contributed by atoms with van der Waals surface area (Å²) in [6.45, 7) is 0. The Labute approximate surface area is 113 Å². The highest BCUT2D eigenvalue weighted by molar-refractivity contribution is 6.31. The zero-order chi connectivity index (χ0) is 13.0. The fraction of sp³-hybridized carbons (Fsp3) is 0.500. The summed E-state index contributed by atoms with van der Waals surface area (Å²) in [7, 11) is 0. The Bertz CT molecular complexity index is 426. The van der Waals surface area contributed by atoms with Crippen LogP contribution in [0.4, 0.5) is 11.4 Å². The van der Waals surface area contributed by atoms with E-state index >= 15 is 0 Å². The molecule has 0 aliphatic heterocycles. The van der Waals surface area contributed by atoms with Crippen molar-refractivity contribution < 1.29 is 4.79 Å². The predicted molar refractivity (Wildman–Crippen MR) is 75.7 cm³/mol. The second-order valence-electron chi connectivity index (χ2n) is 4.91. The van der Waals surface area contributed by atoms with Crippen molar-refractivity contribution in [3.05, 3.63) is 23.2 Å². The standard InChI is InChI=1S/C14H19ClN2O/c15-11-7-8-12(16)13(9-11)17-14(18)10-5-3-1-2-4-6-10/h7-10H,1-6,16H2,(H,17,18). The third-order valence-corrected chi connectivity index (χ3v) is 3.73. The summed E-state index contributed by atoms with van der Waals surface area (Å²) in [5, 5.41) is 3.48. The first-order chi connectivity index (χ1) is 8.66. The van der Waals surface area contributed by atoms with E-state index in [0.29, 0.717) is 16.4 Å². The van der Waals surface area contributed by atoms with Crippen LogP contribution in [0.1, 0.15) is 38.5 Å². The van der Waals surface area contributed by atoms with Gasteiger partial charge >= 0.3 is 0 Å². The number of nitrogens with one attached hydrogen (secondary N) is 1. The molecule has 1 aromatic carbocycles. The van der Waals surface area contributed by atoms with Gasteiger partial charge in [-0.2, -0.15) is 0 Å². The van der Waals surface area contributed by atoms with E-state index in [1.54, 1.807) is 18.2 Å². The Morgan fingerprint density at radius 1 is 1.22 bits per heavy atom. The summed E-state index contributed by atoms with van der Waals surface area (Å²) in [6, 6.07) is 5.13. The summed E-state index contributed by atoms with van der Waals surface area (Å²) in [5.41, 5.74) is 7.00. The first kappa shape index (κ1) is 13.2. The normalized spacial score (nSPS) is 17.2. The van der Waals surface area contributed by atoms with Gasteiger partial charge in [-0.15, -0.1) is 0 Å². The van der Waals surface area contributed by atoms with E-state index in [4.69, 9.17) is 17.3 Å². The lowest BCUT2D eigenvalue weighted by atomic mass is 9.99. The quantitative estimate of drug-likeness (QED) is 0.631. The van der Waals surface area contributed by atoms with Gasteiger partial charge in [0.1, 0.15) is 0 Å². The molecule has 1 aliphatic carbocycles. The number of halogens is 1. The van der Waals surface area contributed by atoms with E-state index in [0.717, 1.165) is 25.7 Å². The Hall–Kier alpha value is -1.22. The van der Waals surface area contributed by atoms with Crippen molar-refractivity contribution in [2.24, 2.45) is 5.92 Å². The van der Waals surface area contributed by atoms with Crippen LogP contribution in [0.5, 0.6) is 0 Å². The van der Waals surface area contributed by atoms with Crippen LogP contribution in [-0.4, -0.2) is 5.91 Å². The molecule has 1 aromatic rings. The molecule has 0 radical (unpaired) electrons. The molecule has 0 unspecified atom stereocenters. The Morgan fingerprint density at radius 2 is 1.89 bits per heavy atom. The number of rotatable bonds is 2. The molecule has 0 heterocycles. The van der Waals surface area contributed by atoms with Crippen molar-refractivity contribution in [2.75, 3.05) is 11.1 Å². The van der Waals surface area contributed by atoms with Crippen LogP contribution in [0.3, 0.4) is 0 Å². The topological polar surface area (TPSA) is 55.1 Å². The number of carbonyl (C=O) groups is 1. The van der Waals surface area contributed by atoms with Crippen LogP contribution in [0.2, 0.25) is 5.02 Å². The van der Waals surface area contributed by atoms with Crippen molar-refractivity contribution in [3.63, 3.8) is 0 Å². The molecule has 1 amide bonds. The summed E-state index contributed by atoms with van der Waals surface area (Å²) in [4.78, 5) is 12.2. The van der Waals surface area contributed by atoms with Gasteiger partial charge in [0.15, 0.2) is 0 Å². The molecule has 3 N–H and O–H groups in total. The van der Waals surface area contributed by atoms with Gasteiger partial charge in [0, 0.05) is 10.9 Å². The number of carbonyl (C=O) groups excluding carboxylic acids is 1. The maximum Gasteiger partial charge on any atom is 0.227 e. The maximum atomic E-state index is 12.2.